The second-order valence-corrected chi connectivity index (χ2v) is 6.93. The van der Waals surface area contributed by atoms with Crippen LogP contribution in [0.3, 0.4) is 0 Å². The summed E-state index contributed by atoms with van der Waals surface area (Å²) in [4.78, 5) is 16.5. The van der Waals surface area contributed by atoms with Crippen LogP contribution in [0.4, 0.5) is 5.69 Å². The normalized spacial score (nSPS) is 11.9. The number of imidazole rings is 1. The Bertz CT molecular complexity index is 985. The second kappa shape index (κ2) is 4.74. The molecule has 4 N–H and O–H groups in total. The highest BCUT2D eigenvalue weighted by Crippen LogP contribution is 2.28. The van der Waals surface area contributed by atoms with Gasteiger partial charge in [-0.15, -0.1) is 0 Å². The number of H-pyrrole nitrogens is 3. The van der Waals surface area contributed by atoms with Gasteiger partial charge < -0.3 is 9.97 Å². The van der Waals surface area contributed by atoms with Gasteiger partial charge in [-0.25, -0.2) is 13.2 Å². The van der Waals surface area contributed by atoms with Crippen molar-refractivity contribution in [3.63, 3.8) is 0 Å². The molecule has 1 aromatic carbocycles. The number of hydrogen-bond donors (Lipinski definition) is 4. The SMILES string of the molecule is Cc1[nH]ncc1S(=O)(=O)Nc1cc2[nH]c(=O)[nH]c2cc1Br. The molecule has 0 saturated heterocycles. The Hall–Kier alpha value is -2.07. The van der Waals surface area contributed by atoms with E-state index in [4.69, 9.17) is 0 Å². The van der Waals surface area contributed by atoms with E-state index in [2.05, 4.69) is 40.8 Å². The van der Waals surface area contributed by atoms with E-state index in [1.165, 1.54) is 12.3 Å². The second-order valence-electron chi connectivity index (χ2n) is 4.42. The zero-order valence-corrected chi connectivity index (χ0v) is 13.1. The van der Waals surface area contributed by atoms with Crippen LogP contribution in [-0.2, 0) is 10.0 Å². The average Bonchev–Trinajstić information content (AvgIpc) is 2.95. The molecule has 0 bridgehead atoms. The molecule has 0 amide bonds. The van der Waals surface area contributed by atoms with E-state index in [0.717, 1.165) is 0 Å². The number of anilines is 1. The van der Waals surface area contributed by atoms with Crippen molar-refractivity contribution in [2.24, 2.45) is 0 Å². The summed E-state index contributed by atoms with van der Waals surface area (Å²) in [7, 11) is -3.76. The van der Waals surface area contributed by atoms with E-state index in [1.807, 2.05) is 0 Å². The van der Waals surface area contributed by atoms with Crippen LogP contribution >= 0.6 is 15.9 Å². The minimum Gasteiger partial charge on any atom is -0.306 e. The largest absolute Gasteiger partial charge is 0.323 e. The van der Waals surface area contributed by atoms with Gasteiger partial charge >= 0.3 is 5.69 Å². The first-order valence-corrected chi connectivity index (χ1v) is 8.09. The fraction of sp³-hybridized carbons (Fsp3) is 0.0909. The van der Waals surface area contributed by atoms with Crippen LogP contribution in [0.5, 0.6) is 0 Å². The molecule has 3 rings (SSSR count). The van der Waals surface area contributed by atoms with Gasteiger partial charge in [0.25, 0.3) is 10.0 Å². The van der Waals surface area contributed by atoms with Crippen LogP contribution in [0.1, 0.15) is 5.69 Å². The van der Waals surface area contributed by atoms with Gasteiger partial charge in [0.05, 0.1) is 28.6 Å². The Morgan fingerprint density at radius 3 is 2.52 bits per heavy atom. The van der Waals surface area contributed by atoms with Gasteiger partial charge in [-0.1, -0.05) is 0 Å². The number of sulfonamides is 1. The van der Waals surface area contributed by atoms with Gasteiger partial charge in [-0.3, -0.25) is 9.82 Å². The average molecular weight is 372 g/mol. The smallest absolute Gasteiger partial charge is 0.306 e. The number of rotatable bonds is 3. The number of halogens is 1. The highest BCUT2D eigenvalue weighted by atomic mass is 79.9. The topological polar surface area (TPSA) is 123 Å². The molecular formula is C11H10BrN5O3S. The van der Waals surface area contributed by atoms with Crippen molar-refractivity contribution in [2.75, 3.05) is 4.72 Å². The number of aryl methyl sites for hydroxylation is 1. The summed E-state index contributed by atoms with van der Waals surface area (Å²) < 4.78 is 27.6. The lowest BCUT2D eigenvalue weighted by molar-refractivity contribution is 0.600. The fourth-order valence-corrected chi connectivity index (χ4v) is 3.73. The Morgan fingerprint density at radius 2 is 1.90 bits per heavy atom. The van der Waals surface area contributed by atoms with Crippen molar-refractivity contribution >= 4 is 42.7 Å². The van der Waals surface area contributed by atoms with Crippen molar-refractivity contribution < 1.29 is 8.42 Å². The fourth-order valence-electron chi connectivity index (χ4n) is 1.94. The summed E-state index contributed by atoms with van der Waals surface area (Å²) in [5, 5.41) is 6.27. The maximum Gasteiger partial charge on any atom is 0.323 e. The van der Waals surface area contributed by atoms with Crippen LogP contribution < -0.4 is 10.4 Å². The quantitative estimate of drug-likeness (QED) is 0.556. The summed E-state index contributed by atoms with van der Waals surface area (Å²) in [6.07, 6.45) is 1.24. The van der Waals surface area contributed by atoms with Crippen molar-refractivity contribution in [1.29, 1.82) is 0 Å². The molecule has 0 atom stereocenters. The lowest BCUT2D eigenvalue weighted by Crippen LogP contribution is -2.13. The first kappa shape index (κ1) is 13.9. The summed E-state index contributed by atoms with van der Waals surface area (Å²) >= 11 is 3.27. The highest BCUT2D eigenvalue weighted by molar-refractivity contribution is 9.10. The summed E-state index contributed by atoms with van der Waals surface area (Å²) in [5.74, 6) is 0. The van der Waals surface area contributed by atoms with Gasteiger partial charge in [0, 0.05) is 4.47 Å². The standard InChI is InChI=1S/C11H10BrN5O3S/c1-5-10(4-13-16-5)21(19,20)17-7-3-9-8(2-6(7)12)14-11(18)15-9/h2-4,17H,1H3,(H,13,16)(H2,14,15,18). The first-order valence-electron chi connectivity index (χ1n) is 5.81. The zero-order chi connectivity index (χ0) is 15.2. The van der Waals surface area contributed by atoms with E-state index in [1.54, 1.807) is 13.0 Å². The number of nitrogens with zero attached hydrogens (tertiary/aromatic N) is 1. The van der Waals surface area contributed by atoms with Gasteiger partial charge in [-0.2, -0.15) is 5.10 Å². The predicted molar refractivity (Wildman–Crippen MR) is 80.8 cm³/mol. The molecule has 0 radical (unpaired) electrons. The molecule has 0 spiro atoms. The van der Waals surface area contributed by atoms with E-state index in [0.29, 0.717) is 26.9 Å². The van der Waals surface area contributed by atoms with Gasteiger partial charge in [0.15, 0.2) is 0 Å². The molecule has 0 aliphatic heterocycles. The van der Waals surface area contributed by atoms with Gasteiger partial charge in [-0.05, 0) is 35.0 Å². The Kier molecular flexibility index (Phi) is 3.14. The molecule has 0 unspecified atom stereocenters. The Labute approximate surface area is 127 Å². The van der Waals surface area contributed by atoms with Crippen molar-refractivity contribution in [3.05, 3.63) is 39.0 Å². The molecule has 0 aliphatic carbocycles. The molecule has 0 aliphatic rings. The van der Waals surface area contributed by atoms with Gasteiger partial charge in [0.2, 0.25) is 0 Å². The summed E-state index contributed by atoms with van der Waals surface area (Å²) in [5.41, 5.74) is 1.48. The van der Waals surface area contributed by atoms with Crippen LogP contribution in [0.15, 0.2) is 32.5 Å². The number of hydrogen-bond acceptors (Lipinski definition) is 4. The third-order valence-corrected chi connectivity index (χ3v) is 5.06. The van der Waals surface area contributed by atoms with E-state index in [-0.39, 0.29) is 10.6 Å². The molecular weight excluding hydrogens is 362 g/mol. The minimum absolute atomic E-state index is 0.0667. The zero-order valence-electron chi connectivity index (χ0n) is 10.7. The number of aromatic nitrogens is 4. The first-order chi connectivity index (χ1) is 9.87. The van der Waals surface area contributed by atoms with Crippen molar-refractivity contribution in [3.8, 4) is 0 Å². The molecule has 110 valence electrons. The molecule has 3 aromatic rings. The van der Waals surface area contributed by atoms with Crippen LogP contribution in [0.25, 0.3) is 11.0 Å². The maximum absolute atomic E-state index is 12.3. The number of fused-ring (bicyclic) bond motifs is 1. The molecule has 0 fully saturated rings. The molecule has 2 aromatic heterocycles. The lowest BCUT2D eigenvalue weighted by atomic mass is 10.3. The summed E-state index contributed by atoms with van der Waals surface area (Å²) in [6, 6.07) is 3.15. The van der Waals surface area contributed by atoms with Crippen LogP contribution in [0.2, 0.25) is 0 Å². The molecule has 21 heavy (non-hydrogen) atoms. The Balaban J connectivity index is 2.07. The van der Waals surface area contributed by atoms with Crippen LogP contribution in [0, 0.1) is 6.92 Å². The lowest BCUT2D eigenvalue weighted by Gasteiger charge is -2.09. The summed E-state index contributed by atoms with van der Waals surface area (Å²) in [6.45, 7) is 1.61. The van der Waals surface area contributed by atoms with E-state index in [9.17, 15) is 13.2 Å². The Morgan fingerprint density at radius 1 is 1.24 bits per heavy atom. The van der Waals surface area contributed by atoms with Crippen molar-refractivity contribution in [1.82, 2.24) is 20.2 Å². The van der Waals surface area contributed by atoms with E-state index >= 15 is 0 Å². The number of aromatic amines is 3. The van der Waals surface area contributed by atoms with E-state index < -0.39 is 10.0 Å². The third kappa shape index (κ3) is 2.47. The highest BCUT2D eigenvalue weighted by Gasteiger charge is 2.20. The molecule has 10 heteroatoms. The maximum atomic E-state index is 12.3. The molecule has 0 saturated carbocycles. The number of nitrogens with one attached hydrogen (secondary N) is 4. The predicted octanol–water partition coefficient (Wildman–Crippen LogP) is 1.45. The minimum atomic E-state index is -3.76. The van der Waals surface area contributed by atoms with Crippen LogP contribution in [-0.4, -0.2) is 28.6 Å². The molecule has 8 nitrogen and oxygen atoms in total. The monoisotopic (exact) mass is 371 g/mol. The molecule has 2 heterocycles. The third-order valence-electron chi connectivity index (χ3n) is 2.92. The van der Waals surface area contributed by atoms with Gasteiger partial charge in [0.1, 0.15) is 4.90 Å². The number of benzene rings is 1. The van der Waals surface area contributed by atoms with Crippen molar-refractivity contribution in [2.45, 2.75) is 11.8 Å².